The number of aryl methyl sites for hydroxylation is 1. The number of carbonyl (C=O) groups excluding carboxylic acids is 1. The summed E-state index contributed by atoms with van der Waals surface area (Å²) < 4.78 is 17.0. The standard InChI is InChI=1S/C23H18N6O3S.H2O/c1-29-14-22(25-15-29)33(32)28-21-12-19(23(30)27-31)11-20(26-21)18-8-6-16(7-9-18)4-5-17-3-2-10-24-13-17;/h2-3,6-15,31H,1H3,(H,26,28)(H,27,30);1H2. The summed E-state index contributed by atoms with van der Waals surface area (Å²) in [5.74, 6) is 5.58. The van der Waals surface area contributed by atoms with E-state index in [1.807, 2.05) is 36.4 Å². The summed E-state index contributed by atoms with van der Waals surface area (Å²) in [5.41, 5.74) is 4.51. The molecule has 1 amide bonds. The SMILES string of the molecule is Cn1cnc(S(=O)Nc2cc(C(=O)NO)cc(-c3ccc(C#Cc4cccnc4)cc3)n2)c1.O. The van der Waals surface area contributed by atoms with Crippen LogP contribution >= 0.6 is 0 Å². The van der Waals surface area contributed by atoms with Gasteiger partial charge in [0.25, 0.3) is 5.91 Å². The van der Waals surface area contributed by atoms with Crippen LogP contribution in [0.15, 0.2) is 78.5 Å². The van der Waals surface area contributed by atoms with Gasteiger partial charge < -0.3 is 10.0 Å². The van der Waals surface area contributed by atoms with E-state index in [1.165, 1.54) is 18.5 Å². The third-order valence-electron chi connectivity index (χ3n) is 4.45. The van der Waals surface area contributed by atoms with Crippen molar-refractivity contribution in [2.75, 3.05) is 4.72 Å². The molecule has 3 heterocycles. The van der Waals surface area contributed by atoms with Crippen LogP contribution in [0.25, 0.3) is 11.3 Å². The molecule has 4 rings (SSSR count). The van der Waals surface area contributed by atoms with Crippen LogP contribution in [-0.2, 0) is 18.0 Å². The fraction of sp³-hybridized carbons (Fsp3) is 0.0435. The molecule has 172 valence electrons. The van der Waals surface area contributed by atoms with Gasteiger partial charge in [-0.25, -0.2) is 19.7 Å². The highest BCUT2D eigenvalue weighted by molar-refractivity contribution is 7.86. The van der Waals surface area contributed by atoms with E-state index >= 15 is 0 Å². The van der Waals surface area contributed by atoms with Crippen LogP contribution in [0.3, 0.4) is 0 Å². The first-order valence-corrected chi connectivity index (χ1v) is 10.8. The van der Waals surface area contributed by atoms with Gasteiger partial charge >= 0.3 is 0 Å². The number of imidazole rings is 1. The van der Waals surface area contributed by atoms with Crippen LogP contribution < -0.4 is 10.2 Å². The van der Waals surface area contributed by atoms with Gasteiger partial charge in [0, 0.05) is 47.9 Å². The molecule has 0 spiro atoms. The number of benzene rings is 1. The normalized spacial score (nSPS) is 10.9. The van der Waals surface area contributed by atoms with Gasteiger partial charge in [-0.3, -0.25) is 19.7 Å². The van der Waals surface area contributed by atoms with Gasteiger partial charge in [0.2, 0.25) is 0 Å². The van der Waals surface area contributed by atoms with E-state index in [-0.39, 0.29) is 16.9 Å². The summed E-state index contributed by atoms with van der Waals surface area (Å²) in [5, 5.41) is 9.37. The van der Waals surface area contributed by atoms with Crippen molar-refractivity contribution in [2.45, 2.75) is 5.03 Å². The van der Waals surface area contributed by atoms with Gasteiger partial charge in [0.15, 0.2) is 16.0 Å². The van der Waals surface area contributed by atoms with Crippen molar-refractivity contribution in [2.24, 2.45) is 7.05 Å². The molecule has 34 heavy (non-hydrogen) atoms. The average molecular weight is 477 g/mol. The molecule has 3 aromatic heterocycles. The van der Waals surface area contributed by atoms with Gasteiger partial charge in [0.1, 0.15) is 5.82 Å². The number of nitrogens with zero attached hydrogens (tertiary/aromatic N) is 4. The van der Waals surface area contributed by atoms with E-state index in [9.17, 15) is 9.00 Å². The Bertz CT molecular complexity index is 1380. The summed E-state index contributed by atoms with van der Waals surface area (Å²) in [7, 11) is 0.0766. The summed E-state index contributed by atoms with van der Waals surface area (Å²) in [6, 6.07) is 13.9. The zero-order valence-electron chi connectivity index (χ0n) is 17.9. The maximum absolute atomic E-state index is 12.6. The van der Waals surface area contributed by atoms with Crippen molar-refractivity contribution in [3.05, 3.63) is 90.1 Å². The first kappa shape index (κ1) is 24.3. The van der Waals surface area contributed by atoms with Crippen LogP contribution in [0.5, 0.6) is 0 Å². The zero-order valence-corrected chi connectivity index (χ0v) is 18.7. The lowest BCUT2D eigenvalue weighted by molar-refractivity contribution is 0.0706. The molecule has 0 saturated heterocycles. The highest BCUT2D eigenvalue weighted by Crippen LogP contribution is 2.23. The molecule has 0 aliphatic rings. The third kappa shape index (κ3) is 5.90. The number of amides is 1. The fourth-order valence-electron chi connectivity index (χ4n) is 2.86. The number of nitrogens with one attached hydrogen (secondary N) is 2. The minimum atomic E-state index is -1.69. The second kappa shape index (κ2) is 11.0. The summed E-state index contributed by atoms with van der Waals surface area (Å²) in [4.78, 5) is 24.6. The predicted molar refractivity (Wildman–Crippen MR) is 126 cm³/mol. The van der Waals surface area contributed by atoms with Gasteiger partial charge in [0.05, 0.1) is 12.0 Å². The molecule has 0 aliphatic carbocycles. The molecule has 1 unspecified atom stereocenters. The lowest BCUT2D eigenvalue weighted by Crippen LogP contribution is -2.19. The quantitative estimate of drug-likeness (QED) is 0.226. The van der Waals surface area contributed by atoms with E-state index in [0.717, 1.165) is 11.1 Å². The molecule has 5 N–H and O–H groups in total. The third-order valence-corrected chi connectivity index (χ3v) is 5.44. The average Bonchev–Trinajstić information content (AvgIpc) is 3.29. The van der Waals surface area contributed by atoms with Crippen molar-refractivity contribution in [1.82, 2.24) is 25.0 Å². The summed E-state index contributed by atoms with van der Waals surface area (Å²) in [6.45, 7) is 0. The number of hydrogen-bond acceptors (Lipinski definition) is 6. The number of rotatable bonds is 5. The largest absolute Gasteiger partial charge is 0.412 e. The molecule has 0 saturated carbocycles. The second-order valence-electron chi connectivity index (χ2n) is 6.88. The maximum Gasteiger partial charge on any atom is 0.274 e. The zero-order chi connectivity index (χ0) is 23.2. The molecular formula is C23H20N6O4S. The molecule has 1 aromatic carbocycles. The lowest BCUT2D eigenvalue weighted by Gasteiger charge is -2.09. The van der Waals surface area contributed by atoms with E-state index in [1.54, 1.807) is 35.7 Å². The molecule has 10 nitrogen and oxygen atoms in total. The van der Waals surface area contributed by atoms with E-state index in [0.29, 0.717) is 16.3 Å². The topological polar surface area (TPSA) is 154 Å². The number of anilines is 1. The molecule has 11 heteroatoms. The molecule has 0 radical (unpaired) electrons. The van der Waals surface area contributed by atoms with Crippen LogP contribution in [0, 0.1) is 11.8 Å². The highest BCUT2D eigenvalue weighted by atomic mass is 32.2. The van der Waals surface area contributed by atoms with Gasteiger partial charge in [-0.05, 0) is 36.4 Å². The van der Waals surface area contributed by atoms with Crippen molar-refractivity contribution in [1.29, 1.82) is 0 Å². The molecule has 0 bridgehead atoms. The first-order valence-electron chi connectivity index (χ1n) is 9.67. The predicted octanol–water partition coefficient (Wildman–Crippen LogP) is 1.71. The summed E-state index contributed by atoms with van der Waals surface area (Å²) in [6.07, 6.45) is 6.52. The Morgan fingerprint density at radius 2 is 1.88 bits per heavy atom. The molecule has 1 atom stereocenters. The van der Waals surface area contributed by atoms with Crippen LogP contribution in [0.1, 0.15) is 21.5 Å². The number of carbonyl (C=O) groups is 1. The van der Waals surface area contributed by atoms with Crippen LogP contribution in [0.4, 0.5) is 5.82 Å². The molecule has 0 fully saturated rings. The Morgan fingerprint density at radius 1 is 1.12 bits per heavy atom. The fourth-order valence-corrected chi connectivity index (χ4v) is 3.67. The van der Waals surface area contributed by atoms with Crippen molar-refractivity contribution in [3.8, 4) is 23.1 Å². The maximum atomic E-state index is 12.6. The Hall–Kier alpha value is -4.37. The van der Waals surface area contributed by atoms with Crippen LogP contribution in [-0.4, -0.2) is 40.3 Å². The molecule has 4 aromatic rings. The minimum Gasteiger partial charge on any atom is -0.412 e. The Balaban J connectivity index is 0.00000324. The van der Waals surface area contributed by atoms with E-state index in [4.69, 9.17) is 5.21 Å². The number of hydrogen-bond donors (Lipinski definition) is 3. The minimum absolute atomic E-state index is 0. The second-order valence-corrected chi connectivity index (χ2v) is 8.04. The molecular weight excluding hydrogens is 456 g/mol. The summed E-state index contributed by atoms with van der Waals surface area (Å²) >= 11 is 0. The van der Waals surface area contributed by atoms with Crippen molar-refractivity contribution < 1.29 is 19.7 Å². The van der Waals surface area contributed by atoms with Crippen molar-refractivity contribution in [3.63, 3.8) is 0 Å². The van der Waals surface area contributed by atoms with E-state index in [2.05, 4.69) is 31.5 Å². The number of hydroxylamine groups is 1. The van der Waals surface area contributed by atoms with Gasteiger partial charge in [-0.15, -0.1) is 0 Å². The number of aromatic nitrogens is 4. The monoisotopic (exact) mass is 476 g/mol. The Morgan fingerprint density at radius 3 is 2.53 bits per heavy atom. The van der Waals surface area contributed by atoms with E-state index < -0.39 is 16.9 Å². The van der Waals surface area contributed by atoms with Crippen molar-refractivity contribution >= 4 is 22.7 Å². The Kier molecular flexibility index (Phi) is 7.83. The van der Waals surface area contributed by atoms with Gasteiger partial charge in [-0.2, -0.15) is 0 Å². The Labute approximate surface area is 197 Å². The van der Waals surface area contributed by atoms with Gasteiger partial charge in [-0.1, -0.05) is 24.0 Å². The molecule has 0 aliphatic heterocycles. The highest BCUT2D eigenvalue weighted by Gasteiger charge is 2.14. The smallest absolute Gasteiger partial charge is 0.274 e. The number of pyridine rings is 2. The van der Waals surface area contributed by atoms with Crippen LogP contribution in [0.2, 0.25) is 0 Å². The first-order chi connectivity index (χ1) is 16.0. The lowest BCUT2D eigenvalue weighted by atomic mass is 10.1.